The van der Waals surface area contributed by atoms with Crippen molar-refractivity contribution in [2.45, 2.75) is 51.3 Å². The molecule has 0 heterocycles. The zero-order valence-electron chi connectivity index (χ0n) is 11.5. The second-order valence-corrected chi connectivity index (χ2v) is 8.67. The van der Waals surface area contributed by atoms with Crippen molar-refractivity contribution in [3.8, 4) is 0 Å². The number of hydrogen-bond acceptors (Lipinski definition) is 4. The van der Waals surface area contributed by atoms with E-state index in [1.807, 2.05) is 11.8 Å². The summed E-state index contributed by atoms with van der Waals surface area (Å²) >= 11 is 1.94. The van der Waals surface area contributed by atoms with Crippen LogP contribution in [0.4, 0.5) is 0 Å². The molecular formula is C12H27NO2S2. The minimum atomic E-state index is -2.81. The molecule has 0 aromatic carbocycles. The Morgan fingerprint density at radius 2 is 1.94 bits per heavy atom. The van der Waals surface area contributed by atoms with Gasteiger partial charge in [0.1, 0.15) is 9.84 Å². The van der Waals surface area contributed by atoms with Crippen LogP contribution in [0.25, 0.3) is 0 Å². The van der Waals surface area contributed by atoms with Crippen LogP contribution in [0.5, 0.6) is 0 Å². The summed E-state index contributed by atoms with van der Waals surface area (Å²) in [7, 11) is -2.81. The third kappa shape index (κ3) is 12.5. The van der Waals surface area contributed by atoms with Gasteiger partial charge < -0.3 is 5.32 Å². The van der Waals surface area contributed by atoms with Gasteiger partial charge in [0.25, 0.3) is 0 Å². The molecule has 0 aliphatic carbocycles. The van der Waals surface area contributed by atoms with Crippen LogP contribution in [-0.2, 0) is 9.84 Å². The number of hydrogen-bond donors (Lipinski definition) is 1. The van der Waals surface area contributed by atoms with Gasteiger partial charge in [-0.25, -0.2) is 8.42 Å². The van der Waals surface area contributed by atoms with Gasteiger partial charge in [-0.3, -0.25) is 0 Å². The molecule has 0 aromatic rings. The van der Waals surface area contributed by atoms with E-state index in [0.717, 1.165) is 31.6 Å². The predicted molar refractivity (Wildman–Crippen MR) is 78.6 cm³/mol. The second-order valence-electron chi connectivity index (χ2n) is 4.81. The zero-order chi connectivity index (χ0) is 13.3. The fourth-order valence-corrected chi connectivity index (χ4v) is 3.09. The molecule has 0 spiro atoms. The summed E-state index contributed by atoms with van der Waals surface area (Å²) in [6.45, 7) is 7.55. The lowest BCUT2D eigenvalue weighted by molar-refractivity contribution is 0.512. The van der Waals surface area contributed by atoms with Crippen LogP contribution in [0, 0.1) is 0 Å². The molecule has 0 aliphatic heterocycles. The molecule has 1 N–H and O–H groups in total. The molecule has 17 heavy (non-hydrogen) atoms. The molecule has 3 nitrogen and oxygen atoms in total. The minimum absolute atomic E-state index is 0.309. The van der Waals surface area contributed by atoms with E-state index in [-0.39, 0.29) is 0 Å². The van der Waals surface area contributed by atoms with Crippen LogP contribution in [0.2, 0.25) is 0 Å². The minimum Gasteiger partial charge on any atom is -0.313 e. The monoisotopic (exact) mass is 281 g/mol. The van der Waals surface area contributed by atoms with Crippen molar-refractivity contribution in [3.05, 3.63) is 0 Å². The summed E-state index contributed by atoms with van der Waals surface area (Å²) in [5.74, 6) is 1.38. The molecule has 0 aromatic heterocycles. The van der Waals surface area contributed by atoms with Crippen molar-refractivity contribution in [1.29, 1.82) is 0 Å². The van der Waals surface area contributed by atoms with E-state index in [9.17, 15) is 8.42 Å². The number of nitrogens with one attached hydrogen (secondary N) is 1. The summed E-state index contributed by atoms with van der Waals surface area (Å²) < 4.78 is 22.1. The van der Waals surface area contributed by atoms with E-state index in [4.69, 9.17) is 0 Å². The summed E-state index contributed by atoms with van der Waals surface area (Å²) in [6, 6.07) is 0.448. The Hall–Kier alpha value is 0.260. The molecule has 0 fully saturated rings. The Bertz CT molecular complexity index is 276. The Balaban J connectivity index is 3.92. The van der Waals surface area contributed by atoms with E-state index in [2.05, 4.69) is 26.1 Å². The Kier molecular flexibility index (Phi) is 9.37. The predicted octanol–water partition coefficient (Wildman–Crippen LogP) is 2.32. The first kappa shape index (κ1) is 17.3. The summed E-state index contributed by atoms with van der Waals surface area (Å²) in [5, 5.41) is 4.13. The molecule has 0 saturated heterocycles. The van der Waals surface area contributed by atoms with E-state index < -0.39 is 9.84 Å². The fraction of sp³-hybridized carbons (Fsp3) is 1.00. The number of rotatable bonds is 10. The third-order valence-electron chi connectivity index (χ3n) is 2.38. The Morgan fingerprint density at radius 1 is 1.29 bits per heavy atom. The maximum Gasteiger partial charge on any atom is 0.147 e. The average Bonchev–Trinajstić information content (AvgIpc) is 2.19. The van der Waals surface area contributed by atoms with Crippen LogP contribution >= 0.6 is 11.8 Å². The molecule has 1 unspecified atom stereocenters. The molecule has 5 heteroatoms. The zero-order valence-corrected chi connectivity index (χ0v) is 13.2. The van der Waals surface area contributed by atoms with E-state index in [1.54, 1.807) is 0 Å². The summed E-state index contributed by atoms with van der Waals surface area (Å²) in [6.07, 6.45) is 4.14. The van der Waals surface area contributed by atoms with E-state index in [0.29, 0.717) is 17.0 Å². The molecular weight excluding hydrogens is 254 g/mol. The molecule has 0 rings (SSSR count). The first-order valence-electron chi connectivity index (χ1n) is 6.38. The quantitative estimate of drug-likeness (QED) is 0.667. The molecule has 104 valence electrons. The lowest BCUT2D eigenvalue weighted by Gasteiger charge is -2.19. The lowest BCUT2D eigenvalue weighted by Crippen LogP contribution is -2.32. The van der Waals surface area contributed by atoms with Crippen molar-refractivity contribution in [3.63, 3.8) is 0 Å². The maximum atomic E-state index is 11.1. The summed E-state index contributed by atoms with van der Waals surface area (Å²) in [4.78, 5) is 0. The maximum absolute atomic E-state index is 11.1. The van der Waals surface area contributed by atoms with Crippen molar-refractivity contribution >= 4 is 21.6 Å². The average molecular weight is 281 g/mol. The van der Waals surface area contributed by atoms with Crippen molar-refractivity contribution in [2.75, 3.05) is 24.3 Å². The fourth-order valence-electron chi connectivity index (χ4n) is 1.49. The van der Waals surface area contributed by atoms with E-state index in [1.165, 1.54) is 6.26 Å². The SMILES string of the molecule is CCCNC(CCCS(C)(=O)=O)CSC(C)C. The van der Waals surface area contributed by atoms with Gasteiger partial charge in [-0.15, -0.1) is 0 Å². The molecule has 0 bridgehead atoms. The van der Waals surface area contributed by atoms with Gasteiger partial charge in [0, 0.05) is 23.8 Å². The van der Waals surface area contributed by atoms with Gasteiger partial charge in [0.2, 0.25) is 0 Å². The van der Waals surface area contributed by atoms with Crippen LogP contribution in [0.15, 0.2) is 0 Å². The molecule has 0 amide bonds. The number of thioether (sulfide) groups is 1. The van der Waals surface area contributed by atoms with E-state index >= 15 is 0 Å². The highest BCUT2D eigenvalue weighted by Gasteiger charge is 2.10. The molecule has 0 radical (unpaired) electrons. The molecule has 0 aliphatic rings. The van der Waals surface area contributed by atoms with Gasteiger partial charge in [-0.05, 0) is 31.1 Å². The highest BCUT2D eigenvalue weighted by Crippen LogP contribution is 2.13. The first-order chi connectivity index (χ1) is 7.85. The largest absolute Gasteiger partial charge is 0.313 e. The van der Waals surface area contributed by atoms with Crippen molar-refractivity contribution < 1.29 is 8.42 Å². The smallest absolute Gasteiger partial charge is 0.147 e. The topological polar surface area (TPSA) is 46.2 Å². The van der Waals surface area contributed by atoms with Gasteiger partial charge in [0.05, 0.1) is 0 Å². The lowest BCUT2D eigenvalue weighted by atomic mass is 10.2. The molecule has 0 saturated carbocycles. The summed E-state index contributed by atoms with van der Waals surface area (Å²) in [5.41, 5.74) is 0. The van der Waals surface area contributed by atoms with Crippen LogP contribution < -0.4 is 5.32 Å². The normalized spacial score (nSPS) is 14.2. The Morgan fingerprint density at radius 3 is 2.41 bits per heavy atom. The van der Waals surface area contributed by atoms with Crippen molar-refractivity contribution in [1.82, 2.24) is 5.32 Å². The first-order valence-corrected chi connectivity index (χ1v) is 9.48. The van der Waals surface area contributed by atoms with Gasteiger partial charge in [-0.1, -0.05) is 20.8 Å². The van der Waals surface area contributed by atoms with Crippen LogP contribution in [0.3, 0.4) is 0 Å². The third-order valence-corrected chi connectivity index (χ3v) is 4.67. The van der Waals surface area contributed by atoms with Crippen LogP contribution in [0.1, 0.15) is 40.0 Å². The van der Waals surface area contributed by atoms with Gasteiger partial charge in [0.15, 0.2) is 0 Å². The second kappa shape index (κ2) is 9.22. The standard InChI is InChI=1S/C12H27NO2S2/c1-5-8-13-12(10-16-11(2)3)7-6-9-17(4,14)15/h11-13H,5-10H2,1-4H3. The highest BCUT2D eigenvalue weighted by molar-refractivity contribution is 7.99. The van der Waals surface area contributed by atoms with Crippen molar-refractivity contribution in [2.24, 2.45) is 0 Å². The van der Waals surface area contributed by atoms with Gasteiger partial charge >= 0.3 is 0 Å². The van der Waals surface area contributed by atoms with Gasteiger partial charge in [-0.2, -0.15) is 11.8 Å². The Labute approximate surface area is 111 Å². The number of sulfone groups is 1. The highest BCUT2D eigenvalue weighted by atomic mass is 32.2. The van der Waals surface area contributed by atoms with Crippen LogP contribution in [-0.4, -0.2) is 44.0 Å². The molecule has 1 atom stereocenters.